The number of aliphatic hydroxyl groups excluding tert-OH is 1. The third kappa shape index (κ3) is 6.65. The van der Waals surface area contributed by atoms with Gasteiger partial charge in [0.25, 0.3) is 0 Å². The van der Waals surface area contributed by atoms with Crippen LogP contribution >= 0.6 is 12.4 Å². The fourth-order valence-corrected chi connectivity index (χ4v) is 3.33. The van der Waals surface area contributed by atoms with Crippen molar-refractivity contribution in [2.75, 3.05) is 19.6 Å². The van der Waals surface area contributed by atoms with Gasteiger partial charge in [-0.3, -0.25) is 9.59 Å². The van der Waals surface area contributed by atoms with E-state index in [2.05, 4.69) is 16.0 Å². The predicted octanol–water partition coefficient (Wildman–Crippen LogP) is 0.580. The highest BCUT2D eigenvalue weighted by Gasteiger charge is 2.26. The third-order valence-electron chi connectivity index (χ3n) is 4.81. The molecule has 1 aliphatic heterocycles. The number of hydrogen-bond donors (Lipinski definition) is 4. The predicted molar refractivity (Wildman–Crippen MR) is 91.4 cm³/mol. The van der Waals surface area contributed by atoms with Gasteiger partial charge in [0.2, 0.25) is 11.8 Å². The van der Waals surface area contributed by atoms with Crippen molar-refractivity contribution in [3.05, 3.63) is 0 Å². The van der Waals surface area contributed by atoms with Crippen molar-refractivity contribution in [2.45, 2.75) is 57.6 Å². The Morgan fingerprint density at radius 1 is 1.22 bits per heavy atom. The van der Waals surface area contributed by atoms with Gasteiger partial charge < -0.3 is 21.1 Å². The van der Waals surface area contributed by atoms with E-state index >= 15 is 0 Å². The maximum absolute atomic E-state index is 12.0. The summed E-state index contributed by atoms with van der Waals surface area (Å²) in [6.45, 7) is 3.44. The number of halogens is 1. The lowest BCUT2D eigenvalue weighted by molar-refractivity contribution is -0.129. The Balaban J connectivity index is 0.00000264. The van der Waals surface area contributed by atoms with Crippen LogP contribution < -0.4 is 16.0 Å². The molecule has 1 saturated carbocycles. The molecular formula is C16H30ClN3O3. The van der Waals surface area contributed by atoms with Crippen LogP contribution in [-0.4, -0.2) is 48.7 Å². The highest BCUT2D eigenvalue weighted by molar-refractivity contribution is 5.87. The summed E-state index contributed by atoms with van der Waals surface area (Å²) in [5.74, 6) is 0.311. The van der Waals surface area contributed by atoms with Gasteiger partial charge in [0.15, 0.2) is 0 Å². The molecule has 1 aliphatic carbocycles. The SMILES string of the molecule is CC(NC(=O)CC1CCCCC1)C(=O)NCC1CNCC1O.Cl. The van der Waals surface area contributed by atoms with Crippen LogP contribution in [0.5, 0.6) is 0 Å². The lowest BCUT2D eigenvalue weighted by atomic mass is 9.87. The first-order valence-corrected chi connectivity index (χ1v) is 8.52. The van der Waals surface area contributed by atoms with E-state index in [0.29, 0.717) is 32.0 Å². The van der Waals surface area contributed by atoms with Crippen molar-refractivity contribution < 1.29 is 14.7 Å². The van der Waals surface area contributed by atoms with Crippen LogP contribution in [-0.2, 0) is 9.59 Å². The van der Waals surface area contributed by atoms with Gasteiger partial charge in [0.05, 0.1) is 6.10 Å². The third-order valence-corrected chi connectivity index (χ3v) is 4.81. The molecule has 0 spiro atoms. The van der Waals surface area contributed by atoms with Crippen molar-refractivity contribution in [2.24, 2.45) is 11.8 Å². The van der Waals surface area contributed by atoms with E-state index in [4.69, 9.17) is 0 Å². The maximum Gasteiger partial charge on any atom is 0.242 e. The zero-order valence-electron chi connectivity index (χ0n) is 13.8. The van der Waals surface area contributed by atoms with Crippen LogP contribution in [0, 0.1) is 11.8 Å². The largest absolute Gasteiger partial charge is 0.391 e. The second-order valence-corrected chi connectivity index (χ2v) is 6.73. The van der Waals surface area contributed by atoms with Crippen LogP contribution in [0.2, 0.25) is 0 Å². The molecule has 134 valence electrons. The number of β-amino-alcohol motifs (C(OH)–C–C–N with tert-alkyl or cyclic N) is 1. The van der Waals surface area contributed by atoms with Crippen molar-refractivity contribution >= 4 is 24.2 Å². The summed E-state index contributed by atoms with van der Waals surface area (Å²) in [4.78, 5) is 24.0. The summed E-state index contributed by atoms with van der Waals surface area (Å²) in [6.07, 6.45) is 6.08. The first kappa shape index (κ1) is 20.2. The van der Waals surface area contributed by atoms with Crippen LogP contribution in [0.15, 0.2) is 0 Å². The molecule has 7 heteroatoms. The molecule has 2 amide bonds. The minimum atomic E-state index is -0.525. The molecule has 0 radical (unpaired) electrons. The van der Waals surface area contributed by atoms with E-state index in [1.165, 1.54) is 19.3 Å². The standard InChI is InChI=1S/C16H29N3O3.ClH/c1-11(16(22)18-9-13-8-17-10-14(13)20)19-15(21)7-12-5-3-2-4-6-12;/h11-14,17,20H,2-10H2,1H3,(H,18,22)(H,19,21);1H. The van der Waals surface area contributed by atoms with Gasteiger partial charge in [-0.15, -0.1) is 12.4 Å². The Hall–Kier alpha value is -0.850. The molecule has 23 heavy (non-hydrogen) atoms. The normalized spacial score (nSPS) is 26.2. The number of aliphatic hydroxyl groups is 1. The molecule has 0 aromatic heterocycles. The van der Waals surface area contributed by atoms with Gasteiger partial charge in [-0.2, -0.15) is 0 Å². The topological polar surface area (TPSA) is 90.5 Å². The molecule has 2 rings (SSSR count). The molecule has 0 bridgehead atoms. The van der Waals surface area contributed by atoms with Gasteiger partial charge in [0, 0.05) is 32.0 Å². The summed E-state index contributed by atoms with van der Waals surface area (Å²) in [6, 6.07) is -0.525. The monoisotopic (exact) mass is 347 g/mol. The number of rotatable bonds is 6. The lowest BCUT2D eigenvalue weighted by Crippen LogP contribution is -2.47. The molecule has 3 unspecified atom stereocenters. The summed E-state index contributed by atoms with van der Waals surface area (Å²) in [5, 5.41) is 18.4. The average molecular weight is 348 g/mol. The number of nitrogens with one attached hydrogen (secondary N) is 3. The minimum absolute atomic E-state index is 0. The first-order chi connectivity index (χ1) is 10.6. The van der Waals surface area contributed by atoms with Crippen LogP contribution in [0.1, 0.15) is 45.4 Å². The second-order valence-electron chi connectivity index (χ2n) is 6.73. The van der Waals surface area contributed by atoms with E-state index in [0.717, 1.165) is 12.8 Å². The number of hydrogen-bond acceptors (Lipinski definition) is 4. The van der Waals surface area contributed by atoms with Crippen molar-refractivity contribution in [3.63, 3.8) is 0 Å². The summed E-state index contributed by atoms with van der Waals surface area (Å²) >= 11 is 0. The zero-order chi connectivity index (χ0) is 15.9. The zero-order valence-corrected chi connectivity index (χ0v) is 14.7. The fourth-order valence-electron chi connectivity index (χ4n) is 3.33. The van der Waals surface area contributed by atoms with E-state index in [-0.39, 0.29) is 30.1 Å². The van der Waals surface area contributed by atoms with E-state index < -0.39 is 12.1 Å². The Morgan fingerprint density at radius 3 is 2.52 bits per heavy atom. The van der Waals surface area contributed by atoms with Crippen LogP contribution in [0.25, 0.3) is 0 Å². The Morgan fingerprint density at radius 2 is 1.91 bits per heavy atom. The van der Waals surface area contributed by atoms with E-state index in [9.17, 15) is 14.7 Å². The molecule has 1 heterocycles. The highest BCUT2D eigenvalue weighted by Crippen LogP contribution is 2.26. The number of amides is 2. The Labute approximate surface area is 144 Å². The highest BCUT2D eigenvalue weighted by atomic mass is 35.5. The van der Waals surface area contributed by atoms with Gasteiger partial charge >= 0.3 is 0 Å². The number of carbonyl (C=O) groups excluding carboxylic acids is 2. The minimum Gasteiger partial charge on any atom is -0.391 e. The molecule has 0 aromatic rings. The molecule has 4 N–H and O–H groups in total. The maximum atomic E-state index is 12.0. The lowest BCUT2D eigenvalue weighted by Gasteiger charge is -2.22. The molecule has 6 nitrogen and oxygen atoms in total. The number of carbonyl (C=O) groups is 2. The first-order valence-electron chi connectivity index (χ1n) is 8.52. The molecule has 2 fully saturated rings. The Kier molecular flexibility index (Phi) is 8.87. The van der Waals surface area contributed by atoms with Gasteiger partial charge in [0.1, 0.15) is 6.04 Å². The fraction of sp³-hybridized carbons (Fsp3) is 0.875. The summed E-state index contributed by atoms with van der Waals surface area (Å²) < 4.78 is 0. The van der Waals surface area contributed by atoms with Gasteiger partial charge in [-0.05, 0) is 25.7 Å². The second kappa shape index (κ2) is 10.1. The van der Waals surface area contributed by atoms with Crippen molar-refractivity contribution in [1.82, 2.24) is 16.0 Å². The van der Waals surface area contributed by atoms with Crippen molar-refractivity contribution in [3.8, 4) is 0 Å². The van der Waals surface area contributed by atoms with E-state index in [1.807, 2.05) is 0 Å². The molecule has 1 saturated heterocycles. The summed E-state index contributed by atoms with van der Waals surface area (Å²) in [7, 11) is 0. The molecule has 3 atom stereocenters. The van der Waals surface area contributed by atoms with Crippen LogP contribution in [0.4, 0.5) is 0 Å². The quantitative estimate of drug-likeness (QED) is 0.565. The smallest absolute Gasteiger partial charge is 0.242 e. The molecule has 0 aromatic carbocycles. The summed E-state index contributed by atoms with van der Waals surface area (Å²) in [5.41, 5.74) is 0. The Bertz CT molecular complexity index is 389. The van der Waals surface area contributed by atoms with E-state index in [1.54, 1.807) is 6.92 Å². The average Bonchev–Trinajstić information content (AvgIpc) is 2.91. The van der Waals surface area contributed by atoms with Gasteiger partial charge in [-0.25, -0.2) is 0 Å². The molecular weight excluding hydrogens is 318 g/mol. The van der Waals surface area contributed by atoms with Gasteiger partial charge in [-0.1, -0.05) is 19.3 Å². The van der Waals surface area contributed by atoms with Crippen LogP contribution in [0.3, 0.4) is 0 Å². The van der Waals surface area contributed by atoms with Crippen molar-refractivity contribution in [1.29, 1.82) is 0 Å². The molecule has 2 aliphatic rings.